The monoisotopic (exact) mass is 665 g/mol. The zero-order valence-electron chi connectivity index (χ0n) is 28.5. The highest BCUT2D eigenvalue weighted by atomic mass is 32.2. The van der Waals surface area contributed by atoms with Gasteiger partial charge in [-0.2, -0.15) is 0 Å². The molecule has 5 rings (SSSR count). The van der Waals surface area contributed by atoms with E-state index in [9.17, 15) is 13.2 Å². The van der Waals surface area contributed by atoms with Gasteiger partial charge in [0.05, 0.1) is 27.2 Å². The lowest BCUT2D eigenvalue weighted by molar-refractivity contribution is 0.00704. The first kappa shape index (κ1) is 34.9. The molecular weight excluding hydrogens is 619 g/mol. The van der Waals surface area contributed by atoms with Gasteiger partial charge in [-0.3, -0.25) is 0 Å². The molecule has 8 heteroatoms. The number of carbonyl (C=O) groups excluding carboxylic acids is 1. The van der Waals surface area contributed by atoms with E-state index < -0.39 is 15.4 Å². The summed E-state index contributed by atoms with van der Waals surface area (Å²) in [5, 5.41) is 3.54. The zero-order valence-corrected chi connectivity index (χ0v) is 29.4. The Balaban J connectivity index is 1.26. The second-order valence-corrected chi connectivity index (χ2v) is 15.4. The Hall–Kier alpha value is -4.43. The molecule has 0 aliphatic rings. The summed E-state index contributed by atoms with van der Waals surface area (Å²) in [7, 11) is -3.24. The van der Waals surface area contributed by atoms with E-state index in [2.05, 4.69) is 59.3 Å². The van der Waals surface area contributed by atoms with Crippen LogP contribution in [0.25, 0.3) is 22.2 Å². The van der Waals surface area contributed by atoms with Crippen molar-refractivity contribution in [3.05, 3.63) is 114 Å². The van der Waals surface area contributed by atoms with Crippen LogP contribution in [0.4, 0.5) is 5.69 Å². The maximum Gasteiger partial charge on any atom is 0.339 e. The molecule has 0 aliphatic heterocycles. The Bertz CT molecular complexity index is 1930. The van der Waals surface area contributed by atoms with Crippen LogP contribution in [0, 0.1) is 0 Å². The molecule has 0 aliphatic carbocycles. The number of carbonyl (C=O) groups is 1. The summed E-state index contributed by atoms with van der Waals surface area (Å²) in [5.74, 6) is 0.913. The van der Waals surface area contributed by atoms with Crippen LogP contribution in [0.2, 0.25) is 0 Å². The highest BCUT2D eigenvalue weighted by Crippen LogP contribution is 2.28. The molecule has 0 amide bonds. The van der Waals surface area contributed by atoms with E-state index in [1.54, 1.807) is 24.3 Å². The molecule has 1 heterocycles. The maximum absolute atomic E-state index is 12.9. The molecule has 0 atom stereocenters. The van der Waals surface area contributed by atoms with E-state index in [4.69, 9.17) is 9.72 Å². The van der Waals surface area contributed by atoms with E-state index in [1.165, 1.54) is 0 Å². The van der Waals surface area contributed by atoms with Gasteiger partial charge in [0, 0.05) is 25.2 Å². The summed E-state index contributed by atoms with van der Waals surface area (Å²) in [6.45, 7) is 9.27. The molecule has 5 aromatic rings. The van der Waals surface area contributed by atoms with Gasteiger partial charge < -0.3 is 14.6 Å². The first-order chi connectivity index (χ1) is 23.0. The number of hydrogen-bond donors (Lipinski definition) is 1. The molecule has 48 heavy (non-hydrogen) atoms. The molecule has 252 valence electrons. The predicted molar refractivity (Wildman–Crippen MR) is 195 cm³/mol. The second-order valence-electron chi connectivity index (χ2n) is 13.3. The normalized spacial score (nSPS) is 11.9. The second kappa shape index (κ2) is 15.6. The number of aryl methyl sites for hydroxylation is 1. The number of rotatable bonds is 15. The third-order valence-corrected chi connectivity index (χ3v) is 10.1. The van der Waals surface area contributed by atoms with Gasteiger partial charge in [-0.1, -0.05) is 80.4 Å². The summed E-state index contributed by atoms with van der Waals surface area (Å²) >= 11 is 0. The molecule has 4 aromatic carbocycles. The van der Waals surface area contributed by atoms with Crippen molar-refractivity contribution in [2.45, 2.75) is 83.3 Å². The van der Waals surface area contributed by atoms with Gasteiger partial charge in [0.1, 0.15) is 11.4 Å². The largest absolute Gasteiger partial charge is 0.456 e. The molecule has 0 fully saturated rings. The van der Waals surface area contributed by atoms with Crippen LogP contribution in [0.15, 0.2) is 102 Å². The Morgan fingerprint density at radius 3 is 2.31 bits per heavy atom. The average Bonchev–Trinajstić information content (AvgIpc) is 3.41. The minimum absolute atomic E-state index is 0.167. The Morgan fingerprint density at radius 1 is 0.854 bits per heavy atom. The fourth-order valence-corrected chi connectivity index (χ4v) is 7.17. The lowest BCUT2D eigenvalue weighted by Gasteiger charge is -2.20. The zero-order chi connectivity index (χ0) is 34.1. The minimum atomic E-state index is -3.24. The standard InChI is InChI=1S/C40H47N3O4S/c1-5-6-19-38-42-36-25-24-32(41-26-13-8-14-27-48(45,46)33-15-9-7-10-16-33)28-37(36)43(38)29-30-20-22-31(23-21-30)34-17-11-12-18-35(34)39(44)47-40(2,3)4/h7,9-12,15-18,20-25,28,41H,5-6,8,13-14,19,26-27,29H2,1-4H3. The first-order valence-corrected chi connectivity index (χ1v) is 18.6. The van der Waals surface area contributed by atoms with Gasteiger partial charge in [0.2, 0.25) is 0 Å². The number of aromatic nitrogens is 2. The summed E-state index contributed by atoms with van der Waals surface area (Å²) in [6.07, 6.45) is 5.41. The number of ether oxygens (including phenoxy) is 1. The molecule has 1 N–H and O–H groups in total. The lowest BCUT2D eigenvalue weighted by Crippen LogP contribution is -2.24. The molecule has 7 nitrogen and oxygen atoms in total. The highest BCUT2D eigenvalue weighted by molar-refractivity contribution is 7.91. The molecule has 1 aromatic heterocycles. The fourth-order valence-electron chi connectivity index (χ4n) is 5.78. The number of imidazole rings is 1. The number of nitrogens with one attached hydrogen (secondary N) is 1. The number of nitrogens with zero attached hydrogens (tertiary/aromatic N) is 2. The number of esters is 1. The summed E-state index contributed by atoms with van der Waals surface area (Å²) in [6, 6.07) is 31.0. The third kappa shape index (κ3) is 9.13. The topological polar surface area (TPSA) is 90.3 Å². The Labute approximate surface area is 285 Å². The van der Waals surface area contributed by atoms with Crippen LogP contribution >= 0.6 is 0 Å². The van der Waals surface area contributed by atoms with E-state index in [-0.39, 0.29) is 11.7 Å². The SMILES string of the molecule is CCCCc1nc2ccc(NCCCCCS(=O)(=O)c3ccccc3)cc2n1Cc1ccc(-c2ccccc2C(=O)OC(C)(C)C)cc1. The van der Waals surface area contributed by atoms with Crippen LogP contribution in [-0.4, -0.2) is 41.8 Å². The van der Waals surface area contributed by atoms with Crippen molar-refractivity contribution < 1.29 is 17.9 Å². The Morgan fingerprint density at radius 2 is 1.58 bits per heavy atom. The smallest absolute Gasteiger partial charge is 0.339 e. The van der Waals surface area contributed by atoms with Crippen LogP contribution in [0.3, 0.4) is 0 Å². The van der Waals surface area contributed by atoms with Gasteiger partial charge >= 0.3 is 5.97 Å². The van der Waals surface area contributed by atoms with Crippen LogP contribution < -0.4 is 5.32 Å². The molecular formula is C40H47N3O4S. The average molecular weight is 666 g/mol. The molecule has 0 radical (unpaired) electrons. The van der Waals surface area contributed by atoms with Crippen molar-refractivity contribution in [3.63, 3.8) is 0 Å². The molecule has 0 spiro atoms. The van der Waals surface area contributed by atoms with Crippen molar-refractivity contribution in [3.8, 4) is 11.1 Å². The van der Waals surface area contributed by atoms with Crippen molar-refractivity contribution in [1.29, 1.82) is 0 Å². The lowest BCUT2D eigenvalue weighted by atomic mass is 9.98. The third-order valence-electron chi connectivity index (χ3n) is 8.25. The van der Waals surface area contributed by atoms with Crippen LogP contribution in [0.1, 0.15) is 81.5 Å². The molecule has 0 saturated carbocycles. The number of anilines is 1. The minimum Gasteiger partial charge on any atom is -0.456 e. The number of unbranched alkanes of at least 4 members (excludes halogenated alkanes) is 3. The fraction of sp³-hybridized carbons (Fsp3) is 0.350. The maximum atomic E-state index is 12.9. The number of benzene rings is 4. The Kier molecular flexibility index (Phi) is 11.4. The van der Waals surface area contributed by atoms with Crippen LogP contribution in [-0.2, 0) is 27.5 Å². The summed E-state index contributed by atoms with van der Waals surface area (Å²) in [5.41, 5.74) is 6.03. The van der Waals surface area contributed by atoms with Crippen LogP contribution in [0.5, 0.6) is 0 Å². The van der Waals surface area contributed by atoms with Crippen molar-refractivity contribution in [2.24, 2.45) is 0 Å². The van der Waals surface area contributed by atoms with E-state index >= 15 is 0 Å². The predicted octanol–water partition coefficient (Wildman–Crippen LogP) is 9.11. The van der Waals surface area contributed by atoms with Gasteiger partial charge in [0.15, 0.2) is 9.84 Å². The molecule has 0 saturated heterocycles. The van der Waals surface area contributed by atoms with Gasteiger partial charge in [-0.05, 0) is 93.1 Å². The van der Waals surface area contributed by atoms with Crippen molar-refractivity contribution in [1.82, 2.24) is 9.55 Å². The van der Waals surface area contributed by atoms with Gasteiger partial charge in [0.25, 0.3) is 0 Å². The van der Waals surface area contributed by atoms with Gasteiger partial charge in [-0.15, -0.1) is 0 Å². The number of hydrogen-bond acceptors (Lipinski definition) is 6. The van der Waals surface area contributed by atoms with E-state index in [0.29, 0.717) is 23.4 Å². The molecule has 0 unspecified atom stereocenters. The number of sulfone groups is 1. The highest BCUT2D eigenvalue weighted by Gasteiger charge is 2.21. The first-order valence-electron chi connectivity index (χ1n) is 17.0. The summed E-state index contributed by atoms with van der Waals surface area (Å²) in [4.78, 5) is 18.3. The summed E-state index contributed by atoms with van der Waals surface area (Å²) < 4.78 is 33.1. The van der Waals surface area contributed by atoms with E-state index in [1.807, 2.05) is 51.1 Å². The van der Waals surface area contributed by atoms with E-state index in [0.717, 1.165) is 77.9 Å². The molecule has 0 bridgehead atoms. The van der Waals surface area contributed by atoms with Crippen molar-refractivity contribution in [2.75, 3.05) is 17.6 Å². The van der Waals surface area contributed by atoms with Gasteiger partial charge in [-0.25, -0.2) is 18.2 Å². The quantitative estimate of drug-likeness (QED) is 0.0886. The number of fused-ring (bicyclic) bond motifs is 1. The van der Waals surface area contributed by atoms with Crippen molar-refractivity contribution >= 4 is 32.5 Å².